The summed E-state index contributed by atoms with van der Waals surface area (Å²) in [5.41, 5.74) is 2.29. The molecule has 0 saturated heterocycles. The molecular formula is C14H19NO2. The van der Waals surface area contributed by atoms with Crippen molar-refractivity contribution in [1.29, 1.82) is 0 Å². The van der Waals surface area contributed by atoms with Crippen LogP contribution >= 0.6 is 0 Å². The highest BCUT2D eigenvalue weighted by Gasteiger charge is 2.33. The maximum Gasteiger partial charge on any atom is 0.254 e. The van der Waals surface area contributed by atoms with Gasteiger partial charge in [0.05, 0.1) is 12.1 Å². The van der Waals surface area contributed by atoms with E-state index in [2.05, 4.69) is 6.07 Å². The molecule has 1 aromatic heterocycles. The lowest BCUT2D eigenvalue weighted by Crippen LogP contribution is -2.40. The molecule has 17 heavy (non-hydrogen) atoms. The fraction of sp³-hybridized carbons (Fsp3) is 0.643. The van der Waals surface area contributed by atoms with Crippen LogP contribution in [-0.2, 0) is 6.42 Å². The Balaban J connectivity index is 2.05. The summed E-state index contributed by atoms with van der Waals surface area (Å²) >= 11 is 0. The van der Waals surface area contributed by atoms with E-state index in [-0.39, 0.29) is 17.7 Å². The molecule has 0 aromatic carbocycles. The molecule has 2 unspecified atom stereocenters. The van der Waals surface area contributed by atoms with Gasteiger partial charge in [0.2, 0.25) is 0 Å². The van der Waals surface area contributed by atoms with Crippen LogP contribution in [0, 0.1) is 0 Å². The zero-order chi connectivity index (χ0) is 12.0. The van der Waals surface area contributed by atoms with Gasteiger partial charge in [-0.15, -0.1) is 0 Å². The molecule has 0 spiro atoms. The highest BCUT2D eigenvalue weighted by molar-refractivity contribution is 5.26. The van der Waals surface area contributed by atoms with Gasteiger partial charge in [-0.1, -0.05) is 6.92 Å². The number of aromatic nitrogens is 1. The topological polar surface area (TPSA) is 42.2 Å². The Bertz CT molecular complexity index is 487. The Morgan fingerprint density at radius 2 is 2.12 bits per heavy atom. The van der Waals surface area contributed by atoms with Crippen LogP contribution in [-0.4, -0.2) is 15.8 Å². The monoisotopic (exact) mass is 233 g/mol. The number of pyridine rings is 1. The average Bonchev–Trinajstić information content (AvgIpc) is 3.13. The third-order valence-electron chi connectivity index (χ3n) is 4.13. The molecule has 0 radical (unpaired) electrons. The fourth-order valence-electron chi connectivity index (χ4n) is 2.61. The Morgan fingerprint density at radius 3 is 2.59 bits per heavy atom. The molecule has 2 aliphatic carbocycles. The van der Waals surface area contributed by atoms with Crippen LogP contribution in [0.1, 0.15) is 55.7 Å². The van der Waals surface area contributed by atoms with Gasteiger partial charge in [0, 0.05) is 11.8 Å². The molecule has 0 bridgehead atoms. The van der Waals surface area contributed by atoms with Gasteiger partial charge in [0.15, 0.2) is 0 Å². The van der Waals surface area contributed by atoms with E-state index in [0.717, 1.165) is 24.8 Å². The first-order valence-electron chi connectivity index (χ1n) is 6.63. The molecule has 3 heteroatoms. The van der Waals surface area contributed by atoms with Crippen LogP contribution in [0.2, 0.25) is 0 Å². The molecular weight excluding hydrogens is 214 g/mol. The Labute approximate surface area is 101 Å². The maximum absolute atomic E-state index is 12.2. The molecule has 92 valence electrons. The van der Waals surface area contributed by atoms with Crippen LogP contribution in [0.25, 0.3) is 0 Å². The van der Waals surface area contributed by atoms with E-state index in [0.29, 0.717) is 5.92 Å². The second kappa shape index (κ2) is 3.98. The van der Waals surface area contributed by atoms with Gasteiger partial charge >= 0.3 is 0 Å². The lowest BCUT2D eigenvalue weighted by atomic mass is 9.88. The molecule has 3 nitrogen and oxygen atoms in total. The average molecular weight is 233 g/mol. The van der Waals surface area contributed by atoms with Gasteiger partial charge in [-0.05, 0) is 49.7 Å². The van der Waals surface area contributed by atoms with Crippen molar-refractivity contribution in [2.24, 2.45) is 0 Å². The first-order chi connectivity index (χ1) is 8.20. The molecule has 1 N–H and O–H groups in total. The van der Waals surface area contributed by atoms with Crippen molar-refractivity contribution in [2.45, 2.75) is 57.1 Å². The number of rotatable bonds is 3. The first kappa shape index (κ1) is 11.0. The third-order valence-corrected chi connectivity index (χ3v) is 4.13. The summed E-state index contributed by atoms with van der Waals surface area (Å²) in [6.45, 7) is 2.02. The van der Waals surface area contributed by atoms with Gasteiger partial charge in [-0.25, -0.2) is 0 Å². The molecule has 0 amide bonds. The minimum Gasteiger partial charge on any atom is -0.391 e. The van der Waals surface area contributed by atoms with E-state index >= 15 is 0 Å². The van der Waals surface area contributed by atoms with E-state index in [1.165, 1.54) is 18.4 Å². The van der Waals surface area contributed by atoms with Crippen LogP contribution < -0.4 is 5.56 Å². The summed E-state index contributed by atoms with van der Waals surface area (Å²) in [6, 6.07) is 2.09. The smallest absolute Gasteiger partial charge is 0.254 e. The molecule has 2 aliphatic rings. The Morgan fingerprint density at radius 1 is 1.35 bits per heavy atom. The molecule has 2 saturated carbocycles. The number of nitrogens with zero attached hydrogens (tertiary/aromatic N) is 1. The number of aliphatic hydroxyl groups excluding tert-OH is 1. The summed E-state index contributed by atoms with van der Waals surface area (Å²) in [7, 11) is 0. The predicted octanol–water partition coefficient (Wildman–Crippen LogP) is 1.98. The Kier molecular flexibility index (Phi) is 2.58. The van der Waals surface area contributed by atoms with Crippen molar-refractivity contribution >= 4 is 0 Å². The number of aryl methyl sites for hydroxylation is 1. The Hall–Kier alpha value is -1.09. The maximum atomic E-state index is 12.2. The zero-order valence-electron chi connectivity index (χ0n) is 10.2. The van der Waals surface area contributed by atoms with Gasteiger partial charge in [-0.2, -0.15) is 0 Å². The van der Waals surface area contributed by atoms with Crippen molar-refractivity contribution in [2.75, 3.05) is 0 Å². The summed E-state index contributed by atoms with van der Waals surface area (Å²) in [6.07, 6.45) is 6.69. The fourth-order valence-corrected chi connectivity index (χ4v) is 2.61. The number of hydrogen-bond acceptors (Lipinski definition) is 2. The highest BCUT2D eigenvalue weighted by atomic mass is 16.3. The summed E-state index contributed by atoms with van der Waals surface area (Å²) in [5, 5.41) is 9.73. The van der Waals surface area contributed by atoms with E-state index in [4.69, 9.17) is 0 Å². The second-order valence-corrected chi connectivity index (χ2v) is 5.35. The molecule has 2 fully saturated rings. The molecule has 0 aliphatic heterocycles. The van der Waals surface area contributed by atoms with Gasteiger partial charge in [-0.3, -0.25) is 4.79 Å². The summed E-state index contributed by atoms with van der Waals surface area (Å²) in [4.78, 5) is 12.2. The lowest BCUT2D eigenvalue weighted by Gasteiger charge is -2.34. The third kappa shape index (κ3) is 1.82. The zero-order valence-corrected chi connectivity index (χ0v) is 10.2. The highest BCUT2D eigenvalue weighted by Crippen LogP contribution is 2.41. The van der Waals surface area contributed by atoms with Crippen LogP contribution in [0.3, 0.4) is 0 Å². The first-order valence-corrected chi connectivity index (χ1v) is 6.63. The minimum absolute atomic E-state index is 0.0199. The lowest BCUT2D eigenvalue weighted by molar-refractivity contribution is 0.0296. The molecule has 3 rings (SSSR count). The largest absolute Gasteiger partial charge is 0.391 e. The van der Waals surface area contributed by atoms with Crippen molar-refractivity contribution in [3.8, 4) is 0 Å². The molecule has 1 heterocycles. The van der Waals surface area contributed by atoms with E-state index in [1.807, 2.05) is 13.1 Å². The standard InChI is InChI=1S/C14H19NO2/c1-2-9-7-11(10-3-4-10)8-15(14(9)17)12-5-6-13(12)16/h7-8,10,12-13,16H,2-6H2,1H3. The van der Waals surface area contributed by atoms with Gasteiger partial charge in [0.25, 0.3) is 5.56 Å². The van der Waals surface area contributed by atoms with Crippen molar-refractivity contribution in [1.82, 2.24) is 4.57 Å². The normalized spacial score (nSPS) is 27.9. The quantitative estimate of drug-likeness (QED) is 0.867. The SMILES string of the molecule is CCc1cc(C2CC2)cn(C2CCC2O)c1=O. The van der Waals surface area contributed by atoms with Gasteiger partial charge in [0.1, 0.15) is 0 Å². The van der Waals surface area contributed by atoms with Crippen molar-refractivity contribution < 1.29 is 5.11 Å². The summed E-state index contributed by atoms with van der Waals surface area (Å²) < 4.78 is 1.79. The van der Waals surface area contributed by atoms with Crippen LogP contribution in [0.15, 0.2) is 17.1 Å². The van der Waals surface area contributed by atoms with Gasteiger partial charge < -0.3 is 9.67 Å². The van der Waals surface area contributed by atoms with E-state index < -0.39 is 0 Å². The van der Waals surface area contributed by atoms with E-state index in [1.54, 1.807) is 4.57 Å². The van der Waals surface area contributed by atoms with Crippen molar-refractivity contribution in [3.63, 3.8) is 0 Å². The second-order valence-electron chi connectivity index (χ2n) is 5.35. The van der Waals surface area contributed by atoms with Crippen LogP contribution in [0.5, 0.6) is 0 Å². The number of hydrogen-bond donors (Lipinski definition) is 1. The van der Waals surface area contributed by atoms with Crippen LogP contribution in [0.4, 0.5) is 0 Å². The minimum atomic E-state index is -0.327. The number of aliphatic hydroxyl groups is 1. The van der Waals surface area contributed by atoms with Crippen molar-refractivity contribution in [3.05, 3.63) is 33.7 Å². The predicted molar refractivity (Wildman–Crippen MR) is 66.3 cm³/mol. The molecule has 2 atom stereocenters. The summed E-state index contributed by atoms with van der Waals surface area (Å²) in [5.74, 6) is 0.657. The molecule has 1 aromatic rings. The van der Waals surface area contributed by atoms with E-state index in [9.17, 15) is 9.90 Å².